The minimum atomic E-state index is -0.631. The van der Waals surface area contributed by atoms with Crippen molar-refractivity contribution in [1.82, 2.24) is 0 Å². The summed E-state index contributed by atoms with van der Waals surface area (Å²) in [6.45, 7) is 2.04. The van der Waals surface area contributed by atoms with E-state index in [2.05, 4.69) is 5.32 Å². The highest BCUT2D eigenvalue weighted by Crippen LogP contribution is 2.25. The maximum absolute atomic E-state index is 12.4. The number of ether oxygens (including phenoxy) is 1. The molecule has 30 heavy (non-hydrogen) atoms. The number of anilines is 1. The molecule has 148 valence electrons. The monoisotopic (exact) mass is 417 g/mol. The number of benzene rings is 1. The molecule has 3 aromatic rings. The summed E-state index contributed by atoms with van der Waals surface area (Å²) in [5, 5.41) is 23.0. The Morgan fingerprint density at radius 3 is 2.60 bits per heavy atom. The number of hydrogen-bond acceptors (Lipinski definition) is 7. The predicted octanol–water partition coefficient (Wildman–Crippen LogP) is 4.60. The molecule has 0 spiro atoms. The van der Waals surface area contributed by atoms with Crippen LogP contribution in [0.1, 0.15) is 28.6 Å². The third kappa shape index (κ3) is 4.64. The normalized spacial score (nSPS) is 10.7. The van der Waals surface area contributed by atoms with Crippen molar-refractivity contribution in [2.45, 2.75) is 6.92 Å². The number of nitrogens with one attached hydrogen (secondary N) is 1. The van der Waals surface area contributed by atoms with Crippen LogP contribution in [0.15, 0.2) is 57.8 Å². The summed E-state index contributed by atoms with van der Waals surface area (Å²) < 4.78 is 10.7. The third-order valence-corrected chi connectivity index (χ3v) is 4.80. The minimum Gasteiger partial charge on any atom is -0.462 e. The standard InChI is InChI=1S/C22H15N3O4S/c1-2-28-22(27)15-5-3-14(4-6-15)19-8-7-18(29-19)11-17(13-24)20(26)25-21-16(12-23)9-10-30-21/h3-11H,2H2,1H3,(H,25,26)/b17-11+. The van der Waals surface area contributed by atoms with Crippen LogP contribution in [-0.2, 0) is 9.53 Å². The Balaban J connectivity index is 1.76. The lowest BCUT2D eigenvalue weighted by Crippen LogP contribution is -2.13. The Hall–Kier alpha value is -4.14. The molecule has 0 aliphatic rings. The van der Waals surface area contributed by atoms with E-state index in [0.717, 1.165) is 5.56 Å². The van der Waals surface area contributed by atoms with Gasteiger partial charge in [0.2, 0.25) is 0 Å². The quantitative estimate of drug-likeness (QED) is 0.356. The van der Waals surface area contributed by atoms with Gasteiger partial charge in [0.15, 0.2) is 0 Å². The molecule has 7 nitrogen and oxygen atoms in total. The van der Waals surface area contributed by atoms with Gasteiger partial charge in [-0.1, -0.05) is 12.1 Å². The number of nitrogens with zero attached hydrogens (tertiary/aromatic N) is 2. The van der Waals surface area contributed by atoms with E-state index < -0.39 is 11.9 Å². The summed E-state index contributed by atoms with van der Waals surface area (Å²) in [5.41, 5.74) is 1.33. The van der Waals surface area contributed by atoms with Crippen molar-refractivity contribution in [3.8, 4) is 23.5 Å². The summed E-state index contributed by atoms with van der Waals surface area (Å²) in [6, 6.07) is 15.4. The predicted molar refractivity (Wildman–Crippen MR) is 111 cm³/mol. The Kier molecular flexibility index (Phi) is 6.43. The van der Waals surface area contributed by atoms with Crippen molar-refractivity contribution in [2.24, 2.45) is 0 Å². The lowest BCUT2D eigenvalue weighted by atomic mass is 10.1. The number of amides is 1. The lowest BCUT2D eigenvalue weighted by molar-refractivity contribution is -0.112. The van der Waals surface area contributed by atoms with E-state index in [4.69, 9.17) is 14.4 Å². The average Bonchev–Trinajstić information content (AvgIpc) is 3.41. The van der Waals surface area contributed by atoms with E-state index in [1.807, 2.05) is 12.1 Å². The van der Waals surface area contributed by atoms with Crippen LogP contribution in [0.5, 0.6) is 0 Å². The highest BCUT2D eigenvalue weighted by Gasteiger charge is 2.14. The largest absolute Gasteiger partial charge is 0.462 e. The highest BCUT2D eigenvalue weighted by molar-refractivity contribution is 7.14. The summed E-state index contributed by atoms with van der Waals surface area (Å²) in [5.74, 6) is -0.201. The molecule has 8 heteroatoms. The van der Waals surface area contributed by atoms with E-state index in [9.17, 15) is 14.9 Å². The van der Waals surface area contributed by atoms with Crippen molar-refractivity contribution in [2.75, 3.05) is 11.9 Å². The first-order chi connectivity index (χ1) is 14.5. The first-order valence-corrected chi connectivity index (χ1v) is 9.71. The van der Waals surface area contributed by atoms with Gasteiger partial charge in [-0.05, 0) is 42.6 Å². The Morgan fingerprint density at radius 1 is 1.17 bits per heavy atom. The fraction of sp³-hybridized carbons (Fsp3) is 0.0909. The molecular formula is C22H15N3O4S. The molecule has 1 amide bonds. The molecule has 1 aromatic carbocycles. The molecule has 0 aliphatic heterocycles. The number of carbonyl (C=O) groups excluding carboxylic acids is 2. The molecule has 0 aliphatic carbocycles. The summed E-state index contributed by atoms with van der Waals surface area (Å²) in [7, 11) is 0. The van der Waals surface area contributed by atoms with Gasteiger partial charge in [-0.25, -0.2) is 4.79 Å². The van der Waals surface area contributed by atoms with Crippen LogP contribution in [0.25, 0.3) is 17.4 Å². The Morgan fingerprint density at radius 2 is 1.93 bits per heavy atom. The van der Waals surface area contributed by atoms with E-state index in [1.54, 1.807) is 54.8 Å². The zero-order valence-corrected chi connectivity index (χ0v) is 16.7. The molecule has 0 saturated carbocycles. The van der Waals surface area contributed by atoms with Gasteiger partial charge in [0, 0.05) is 11.6 Å². The van der Waals surface area contributed by atoms with Crippen molar-refractivity contribution in [1.29, 1.82) is 10.5 Å². The molecule has 0 radical (unpaired) electrons. The van der Waals surface area contributed by atoms with Gasteiger partial charge < -0.3 is 14.5 Å². The molecule has 1 N–H and O–H groups in total. The van der Waals surface area contributed by atoms with E-state index in [0.29, 0.717) is 34.3 Å². The molecule has 0 fully saturated rings. The minimum absolute atomic E-state index is 0.161. The van der Waals surface area contributed by atoms with E-state index in [1.165, 1.54) is 17.4 Å². The number of furan rings is 1. The fourth-order valence-corrected chi connectivity index (χ4v) is 3.26. The maximum Gasteiger partial charge on any atom is 0.338 e. The van der Waals surface area contributed by atoms with Crippen LogP contribution < -0.4 is 5.32 Å². The average molecular weight is 417 g/mol. The third-order valence-electron chi connectivity index (χ3n) is 3.97. The van der Waals surface area contributed by atoms with Gasteiger partial charge in [0.05, 0.1) is 17.7 Å². The van der Waals surface area contributed by atoms with Gasteiger partial charge in [-0.2, -0.15) is 10.5 Å². The van der Waals surface area contributed by atoms with Crippen LogP contribution in [0.4, 0.5) is 5.00 Å². The second kappa shape index (κ2) is 9.37. The Bertz CT molecular complexity index is 1190. The zero-order valence-electron chi connectivity index (χ0n) is 15.8. The number of esters is 1. The van der Waals surface area contributed by atoms with Crippen molar-refractivity contribution >= 4 is 34.3 Å². The zero-order chi connectivity index (χ0) is 21.5. The van der Waals surface area contributed by atoms with Gasteiger partial charge in [0.1, 0.15) is 34.2 Å². The SMILES string of the molecule is CCOC(=O)c1ccc(-c2ccc(/C=C(\C#N)C(=O)Nc3sccc3C#N)o2)cc1. The first kappa shape index (κ1) is 20.6. The molecule has 0 unspecified atom stereocenters. The molecule has 0 atom stereocenters. The van der Waals surface area contributed by atoms with Gasteiger partial charge >= 0.3 is 5.97 Å². The van der Waals surface area contributed by atoms with Crippen LogP contribution in [-0.4, -0.2) is 18.5 Å². The van der Waals surface area contributed by atoms with Gasteiger partial charge in [-0.3, -0.25) is 4.79 Å². The van der Waals surface area contributed by atoms with Crippen molar-refractivity contribution in [3.05, 3.63) is 70.3 Å². The molecule has 2 heterocycles. The van der Waals surface area contributed by atoms with Crippen LogP contribution in [0.2, 0.25) is 0 Å². The summed E-state index contributed by atoms with van der Waals surface area (Å²) in [4.78, 5) is 24.1. The summed E-state index contributed by atoms with van der Waals surface area (Å²) in [6.07, 6.45) is 1.32. The number of hydrogen-bond donors (Lipinski definition) is 1. The molecule has 3 rings (SSSR count). The molecule has 0 bridgehead atoms. The Labute approximate surface area is 176 Å². The van der Waals surface area contributed by atoms with Crippen molar-refractivity contribution in [3.63, 3.8) is 0 Å². The van der Waals surface area contributed by atoms with Crippen molar-refractivity contribution < 1.29 is 18.7 Å². The number of nitriles is 2. The van der Waals surface area contributed by atoms with E-state index in [-0.39, 0.29) is 5.57 Å². The van der Waals surface area contributed by atoms with Gasteiger partial charge in [-0.15, -0.1) is 11.3 Å². The van der Waals surface area contributed by atoms with Crippen LogP contribution >= 0.6 is 11.3 Å². The second-order valence-corrected chi connectivity index (χ2v) is 6.82. The number of rotatable bonds is 6. The number of carbonyl (C=O) groups is 2. The smallest absolute Gasteiger partial charge is 0.338 e. The second-order valence-electron chi connectivity index (χ2n) is 5.90. The molecular weight excluding hydrogens is 402 g/mol. The van der Waals surface area contributed by atoms with Crippen LogP contribution in [0.3, 0.4) is 0 Å². The lowest BCUT2D eigenvalue weighted by Gasteiger charge is -2.02. The first-order valence-electron chi connectivity index (χ1n) is 8.83. The topological polar surface area (TPSA) is 116 Å². The van der Waals surface area contributed by atoms with Crippen LogP contribution in [0, 0.1) is 22.7 Å². The molecule has 2 aromatic heterocycles. The van der Waals surface area contributed by atoms with Gasteiger partial charge in [0.25, 0.3) is 5.91 Å². The fourth-order valence-electron chi connectivity index (χ4n) is 2.53. The van der Waals surface area contributed by atoms with E-state index >= 15 is 0 Å². The number of thiophene rings is 1. The maximum atomic E-state index is 12.4. The summed E-state index contributed by atoms with van der Waals surface area (Å²) >= 11 is 1.20. The molecule has 0 saturated heterocycles. The highest BCUT2D eigenvalue weighted by atomic mass is 32.1.